The molecule has 0 aliphatic heterocycles. The van der Waals surface area contributed by atoms with Gasteiger partial charge in [0, 0.05) is 11.0 Å². The summed E-state index contributed by atoms with van der Waals surface area (Å²) >= 11 is 3.45. The van der Waals surface area contributed by atoms with Crippen LogP contribution in [0, 0.1) is 0 Å². The lowest BCUT2D eigenvalue weighted by Gasteiger charge is -2.02. The van der Waals surface area contributed by atoms with Gasteiger partial charge in [0.2, 0.25) is 0 Å². The van der Waals surface area contributed by atoms with Gasteiger partial charge < -0.3 is 10.5 Å². The minimum atomic E-state index is 0.511. The summed E-state index contributed by atoms with van der Waals surface area (Å²) in [5.74, 6) is 0.755. The van der Waals surface area contributed by atoms with Crippen molar-refractivity contribution in [3.63, 3.8) is 0 Å². The molecule has 0 saturated carbocycles. The average Bonchev–Trinajstić information content (AvgIpc) is 2.74. The quantitative estimate of drug-likeness (QED) is 0.918. The first kappa shape index (κ1) is 12.1. The van der Waals surface area contributed by atoms with Crippen molar-refractivity contribution in [3.8, 4) is 5.75 Å². The van der Waals surface area contributed by atoms with Gasteiger partial charge in [0.25, 0.3) is 0 Å². The molecule has 2 N–H and O–H groups in total. The van der Waals surface area contributed by atoms with Gasteiger partial charge in [0.15, 0.2) is 5.75 Å². The Kier molecular flexibility index (Phi) is 4.17. The van der Waals surface area contributed by atoms with Gasteiger partial charge >= 0.3 is 0 Å². The molecule has 17 heavy (non-hydrogen) atoms. The molecule has 0 amide bonds. The molecular weight excluding hydrogens is 282 g/mol. The van der Waals surface area contributed by atoms with Crippen molar-refractivity contribution >= 4 is 15.9 Å². The van der Waals surface area contributed by atoms with E-state index in [4.69, 9.17) is 10.5 Å². The highest BCUT2D eigenvalue weighted by molar-refractivity contribution is 9.10. The molecule has 0 saturated heterocycles. The van der Waals surface area contributed by atoms with Crippen molar-refractivity contribution < 1.29 is 4.74 Å². The normalized spacial score (nSPS) is 10.5. The number of halogens is 1. The summed E-state index contributed by atoms with van der Waals surface area (Å²) in [6.45, 7) is 1.75. The smallest absolute Gasteiger partial charge is 0.157 e. The zero-order valence-corrected chi connectivity index (χ0v) is 10.9. The third-order valence-electron chi connectivity index (χ3n) is 2.23. The van der Waals surface area contributed by atoms with Gasteiger partial charge in [-0.3, -0.25) is 4.68 Å². The molecule has 1 heterocycles. The van der Waals surface area contributed by atoms with Gasteiger partial charge in [-0.2, -0.15) is 5.10 Å². The van der Waals surface area contributed by atoms with Gasteiger partial charge in [-0.25, -0.2) is 0 Å². The van der Waals surface area contributed by atoms with Gasteiger partial charge in [0.05, 0.1) is 18.9 Å². The Labute approximate surface area is 109 Å². The lowest BCUT2D eigenvalue weighted by atomic mass is 10.2. The molecule has 0 unspecified atom stereocenters. The average molecular weight is 296 g/mol. The number of aromatic nitrogens is 2. The second kappa shape index (κ2) is 5.84. The van der Waals surface area contributed by atoms with E-state index in [1.165, 1.54) is 5.56 Å². The Morgan fingerprint density at radius 2 is 2.29 bits per heavy atom. The molecular formula is C12H14BrN3O. The second-order valence-corrected chi connectivity index (χ2v) is 4.56. The van der Waals surface area contributed by atoms with Crippen LogP contribution in [0.5, 0.6) is 5.75 Å². The molecule has 5 heteroatoms. The maximum Gasteiger partial charge on any atom is 0.157 e. The monoisotopic (exact) mass is 295 g/mol. The molecule has 0 fully saturated rings. The second-order valence-electron chi connectivity index (χ2n) is 3.64. The summed E-state index contributed by atoms with van der Waals surface area (Å²) in [6, 6.07) is 8.14. The zero-order chi connectivity index (χ0) is 12.1. The molecule has 0 spiro atoms. The van der Waals surface area contributed by atoms with Gasteiger partial charge in [0.1, 0.15) is 6.61 Å². The summed E-state index contributed by atoms with van der Waals surface area (Å²) < 4.78 is 8.29. The molecule has 1 aromatic carbocycles. The van der Waals surface area contributed by atoms with Crippen LogP contribution in [0.15, 0.2) is 41.1 Å². The van der Waals surface area contributed by atoms with Crippen LogP contribution in [0.4, 0.5) is 0 Å². The molecule has 2 aromatic rings. The predicted octanol–water partition coefficient (Wildman–Crippen LogP) is 2.03. The highest BCUT2D eigenvalue weighted by atomic mass is 79.9. The molecule has 0 aliphatic rings. The van der Waals surface area contributed by atoms with Crippen molar-refractivity contribution in [2.45, 2.75) is 6.54 Å². The van der Waals surface area contributed by atoms with Crippen LogP contribution in [0.1, 0.15) is 5.56 Å². The number of rotatable bonds is 5. The van der Waals surface area contributed by atoms with Crippen molar-refractivity contribution in [1.29, 1.82) is 0 Å². The highest BCUT2D eigenvalue weighted by Gasteiger charge is 2.00. The third-order valence-corrected chi connectivity index (χ3v) is 2.72. The molecule has 0 radical (unpaired) electrons. The van der Waals surface area contributed by atoms with Crippen LogP contribution in [-0.2, 0) is 6.54 Å². The van der Waals surface area contributed by atoms with Crippen LogP contribution in [0.3, 0.4) is 0 Å². The predicted molar refractivity (Wildman–Crippen MR) is 70.0 cm³/mol. The van der Waals surface area contributed by atoms with E-state index in [1.807, 2.05) is 23.0 Å². The lowest BCUT2D eigenvalue weighted by Crippen LogP contribution is -2.10. The summed E-state index contributed by atoms with van der Waals surface area (Å²) in [5.41, 5.74) is 6.55. The minimum absolute atomic E-state index is 0.511. The Morgan fingerprint density at radius 3 is 3.06 bits per heavy atom. The van der Waals surface area contributed by atoms with E-state index in [1.54, 1.807) is 6.20 Å². The number of ether oxygens (including phenoxy) is 1. The molecule has 4 nitrogen and oxygen atoms in total. The van der Waals surface area contributed by atoms with E-state index in [0.29, 0.717) is 13.2 Å². The fourth-order valence-electron chi connectivity index (χ4n) is 1.50. The number of nitrogens with zero attached hydrogens (tertiary/aromatic N) is 2. The Balaban J connectivity index is 2.01. The first-order chi connectivity index (χ1) is 8.28. The van der Waals surface area contributed by atoms with Crippen molar-refractivity contribution in [3.05, 3.63) is 46.7 Å². The first-order valence-corrected chi connectivity index (χ1v) is 6.17. The fraction of sp³-hybridized carbons (Fsp3) is 0.250. The van der Waals surface area contributed by atoms with Crippen LogP contribution in [0.2, 0.25) is 0 Å². The maximum atomic E-state index is 5.38. The van der Waals surface area contributed by atoms with Gasteiger partial charge in [-0.15, -0.1) is 0 Å². The van der Waals surface area contributed by atoms with Crippen LogP contribution >= 0.6 is 15.9 Å². The van der Waals surface area contributed by atoms with E-state index >= 15 is 0 Å². The van der Waals surface area contributed by atoms with Crippen molar-refractivity contribution in [1.82, 2.24) is 9.78 Å². The summed E-state index contributed by atoms with van der Waals surface area (Å²) in [4.78, 5) is 0. The fourth-order valence-corrected chi connectivity index (χ4v) is 1.95. The standard InChI is InChI=1S/C12H14BrN3O/c13-11-3-1-2-10(6-11)8-16-9-12(7-15-16)17-5-4-14/h1-3,6-7,9H,4-5,8,14H2. The topological polar surface area (TPSA) is 53.1 Å². The Hall–Kier alpha value is -1.33. The van der Waals surface area contributed by atoms with Crippen LogP contribution in [-0.4, -0.2) is 22.9 Å². The Bertz CT molecular complexity index is 484. The molecule has 90 valence electrons. The highest BCUT2D eigenvalue weighted by Crippen LogP contribution is 2.14. The SMILES string of the molecule is NCCOc1cnn(Cc2cccc(Br)c2)c1. The Morgan fingerprint density at radius 1 is 1.41 bits per heavy atom. The van der Waals surface area contributed by atoms with E-state index < -0.39 is 0 Å². The maximum absolute atomic E-state index is 5.38. The minimum Gasteiger partial charge on any atom is -0.489 e. The molecule has 0 aliphatic carbocycles. The first-order valence-electron chi connectivity index (χ1n) is 5.37. The van der Waals surface area contributed by atoms with Crippen LogP contribution in [0.25, 0.3) is 0 Å². The van der Waals surface area contributed by atoms with E-state index in [0.717, 1.165) is 16.8 Å². The lowest BCUT2D eigenvalue weighted by molar-refractivity contribution is 0.328. The van der Waals surface area contributed by atoms with E-state index in [9.17, 15) is 0 Å². The van der Waals surface area contributed by atoms with Crippen molar-refractivity contribution in [2.75, 3.05) is 13.2 Å². The number of hydrogen-bond donors (Lipinski definition) is 1. The molecule has 0 bridgehead atoms. The van der Waals surface area contributed by atoms with Crippen molar-refractivity contribution in [2.24, 2.45) is 5.73 Å². The summed E-state index contributed by atoms with van der Waals surface area (Å²) in [7, 11) is 0. The van der Waals surface area contributed by atoms with E-state index in [-0.39, 0.29) is 0 Å². The van der Waals surface area contributed by atoms with Gasteiger partial charge in [-0.05, 0) is 17.7 Å². The zero-order valence-electron chi connectivity index (χ0n) is 9.34. The largest absolute Gasteiger partial charge is 0.489 e. The van der Waals surface area contributed by atoms with Gasteiger partial charge in [-0.1, -0.05) is 28.1 Å². The molecule has 0 atom stereocenters. The van der Waals surface area contributed by atoms with Crippen LogP contribution < -0.4 is 10.5 Å². The molecule has 2 rings (SSSR count). The number of benzene rings is 1. The third kappa shape index (κ3) is 3.57. The number of nitrogens with two attached hydrogens (primary N) is 1. The number of hydrogen-bond acceptors (Lipinski definition) is 3. The van der Waals surface area contributed by atoms with E-state index in [2.05, 4.69) is 33.2 Å². The molecule has 1 aromatic heterocycles. The summed E-state index contributed by atoms with van der Waals surface area (Å²) in [6.07, 6.45) is 3.57. The summed E-state index contributed by atoms with van der Waals surface area (Å²) in [5, 5.41) is 4.23.